The highest BCUT2D eigenvalue weighted by atomic mass is 32.2. The van der Waals surface area contributed by atoms with Gasteiger partial charge in [-0.1, -0.05) is 0 Å². The van der Waals surface area contributed by atoms with Crippen LogP contribution in [0, 0.1) is 11.8 Å². The molecule has 0 radical (unpaired) electrons. The molecule has 2 heterocycles. The van der Waals surface area contributed by atoms with Gasteiger partial charge in [0.15, 0.2) is 0 Å². The average molecular weight is 271 g/mol. The molecule has 18 heavy (non-hydrogen) atoms. The number of carboxylic acid groups (broad SMARTS) is 1. The van der Waals surface area contributed by atoms with E-state index in [1.807, 2.05) is 23.6 Å². The van der Waals surface area contributed by atoms with E-state index in [-0.39, 0.29) is 23.8 Å². The largest absolute Gasteiger partial charge is 0.481 e. The van der Waals surface area contributed by atoms with Gasteiger partial charge in [-0.15, -0.1) is 0 Å². The number of likely N-dealkylation sites (tertiary alicyclic amines) is 1. The van der Waals surface area contributed by atoms with Crippen LogP contribution in [0.15, 0.2) is 0 Å². The van der Waals surface area contributed by atoms with Gasteiger partial charge in [0, 0.05) is 18.5 Å². The Morgan fingerprint density at radius 2 is 1.89 bits per heavy atom. The van der Waals surface area contributed by atoms with Crippen LogP contribution in [-0.2, 0) is 9.59 Å². The molecule has 102 valence electrons. The van der Waals surface area contributed by atoms with Crippen LogP contribution >= 0.6 is 11.8 Å². The number of carboxylic acids is 1. The van der Waals surface area contributed by atoms with Gasteiger partial charge in [0.05, 0.1) is 5.92 Å². The minimum absolute atomic E-state index is 0.126. The van der Waals surface area contributed by atoms with Crippen LogP contribution in [0.3, 0.4) is 0 Å². The third kappa shape index (κ3) is 2.82. The maximum atomic E-state index is 12.5. The van der Waals surface area contributed by atoms with E-state index in [9.17, 15) is 14.7 Å². The molecule has 0 aliphatic carbocycles. The van der Waals surface area contributed by atoms with Crippen molar-refractivity contribution >= 4 is 23.6 Å². The van der Waals surface area contributed by atoms with Gasteiger partial charge in [-0.2, -0.15) is 11.8 Å². The fourth-order valence-corrected chi connectivity index (χ4v) is 4.07. The highest BCUT2D eigenvalue weighted by molar-refractivity contribution is 7.99. The first-order valence-corrected chi connectivity index (χ1v) is 7.87. The summed E-state index contributed by atoms with van der Waals surface area (Å²) in [5.41, 5.74) is 0. The van der Waals surface area contributed by atoms with Gasteiger partial charge < -0.3 is 10.0 Å². The summed E-state index contributed by atoms with van der Waals surface area (Å²) in [4.78, 5) is 25.4. The van der Waals surface area contributed by atoms with E-state index in [4.69, 9.17) is 0 Å². The Morgan fingerprint density at radius 1 is 1.22 bits per heavy atom. The first-order chi connectivity index (χ1) is 8.61. The Kier molecular flexibility index (Phi) is 4.54. The molecular formula is C13H21NO3S. The van der Waals surface area contributed by atoms with E-state index < -0.39 is 5.97 Å². The smallest absolute Gasteiger partial charge is 0.308 e. The van der Waals surface area contributed by atoms with Crippen molar-refractivity contribution in [2.45, 2.75) is 38.6 Å². The molecule has 2 aliphatic rings. The Labute approximate surface area is 112 Å². The van der Waals surface area contributed by atoms with Gasteiger partial charge in [0.1, 0.15) is 0 Å². The lowest BCUT2D eigenvalue weighted by Crippen LogP contribution is -2.51. The molecule has 0 spiro atoms. The number of aliphatic carboxylic acids is 1. The Morgan fingerprint density at radius 3 is 2.50 bits per heavy atom. The van der Waals surface area contributed by atoms with E-state index in [2.05, 4.69) is 0 Å². The summed E-state index contributed by atoms with van der Waals surface area (Å²) in [5.74, 6) is 1.27. The van der Waals surface area contributed by atoms with Gasteiger partial charge in [-0.05, 0) is 44.1 Å². The molecule has 0 aromatic heterocycles. The first kappa shape index (κ1) is 13.7. The van der Waals surface area contributed by atoms with E-state index >= 15 is 0 Å². The predicted octanol–water partition coefficient (Wildman–Crippen LogP) is 1.84. The molecular weight excluding hydrogens is 250 g/mol. The maximum Gasteiger partial charge on any atom is 0.308 e. The van der Waals surface area contributed by atoms with E-state index in [0.29, 0.717) is 6.42 Å². The fraction of sp³-hybridized carbons (Fsp3) is 0.846. The van der Waals surface area contributed by atoms with Gasteiger partial charge in [0.2, 0.25) is 5.91 Å². The number of hydrogen-bond acceptors (Lipinski definition) is 3. The fourth-order valence-electron chi connectivity index (χ4n) is 2.96. The molecule has 2 saturated heterocycles. The summed E-state index contributed by atoms with van der Waals surface area (Å²) in [6, 6.07) is -0.154. The second kappa shape index (κ2) is 5.95. The van der Waals surface area contributed by atoms with Crippen LogP contribution < -0.4 is 0 Å². The van der Waals surface area contributed by atoms with Crippen LogP contribution in [0.2, 0.25) is 0 Å². The molecule has 0 aromatic rings. The van der Waals surface area contributed by atoms with E-state index in [1.165, 1.54) is 0 Å². The van der Waals surface area contributed by atoms with E-state index in [1.54, 1.807) is 0 Å². The molecule has 1 amide bonds. The van der Waals surface area contributed by atoms with Gasteiger partial charge in [-0.3, -0.25) is 9.59 Å². The molecule has 0 saturated carbocycles. The molecule has 1 N–H and O–H groups in total. The molecule has 2 atom stereocenters. The zero-order valence-electron chi connectivity index (χ0n) is 10.8. The zero-order valence-corrected chi connectivity index (χ0v) is 11.6. The predicted molar refractivity (Wildman–Crippen MR) is 71.6 cm³/mol. The van der Waals surface area contributed by atoms with Crippen molar-refractivity contribution in [2.24, 2.45) is 11.8 Å². The van der Waals surface area contributed by atoms with Crippen LogP contribution in [-0.4, -0.2) is 46.0 Å². The summed E-state index contributed by atoms with van der Waals surface area (Å²) in [5, 5.41) is 9.18. The number of carbonyl (C=O) groups excluding carboxylic acids is 1. The normalized spacial score (nSPS) is 30.2. The molecule has 2 fully saturated rings. The van der Waals surface area contributed by atoms with Crippen molar-refractivity contribution in [1.82, 2.24) is 4.90 Å². The highest BCUT2D eigenvalue weighted by Gasteiger charge is 2.37. The third-order valence-electron chi connectivity index (χ3n) is 4.16. The second-order valence-corrected chi connectivity index (χ2v) is 6.47. The van der Waals surface area contributed by atoms with Crippen LogP contribution in [0.25, 0.3) is 0 Å². The maximum absolute atomic E-state index is 12.5. The summed E-state index contributed by atoms with van der Waals surface area (Å²) in [6.45, 7) is 2.61. The highest BCUT2D eigenvalue weighted by Crippen LogP contribution is 2.29. The number of thioether (sulfide) groups is 1. The van der Waals surface area contributed by atoms with E-state index in [0.717, 1.165) is 37.3 Å². The van der Waals surface area contributed by atoms with Gasteiger partial charge in [-0.25, -0.2) is 0 Å². The summed E-state index contributed by atoms with van der Waals surface area (Å²) in [7, 11) is 0. The van der Waals surface area contributed by atoms with Crippen molar-refractivity contribution in [1.29, 1.82) is 0 Å². The number of amides is 1. The standard InChI is InChI=1S/C13H21NO3S/c1-9-11(13(16)17)3-2-6-14(9)12(15)10-4-7-18-8-5-10/h9-11H,2-8H2,1H3,(H,16,17)/t9-,11-/m1/s1. The zero-order chi connectivity index (χ0) is 13.1. The van der Waals surface area contributed by atoms with Crippen LogP contribution in [0.4, 0.5) is 0 Å². The van der Waals surface area contributed by atoms with Gasteiger partial charge >= 0.3 is 5.97 Å². The van der Waals surface area contributed by atoms with Crippen molar-refractivity contribution in [3.05, 3.63) is 0 Å². The van der Waals surface area contributed by atoms with Crippen LogP contribution in [0.5, 0.6) is 0 Å². The molecule has 2 rings (SSSR count). The molecule has 2 aliphatic heterocycles. The number of piperidine rings is 1. The minimum atomic E-state index is -0.765. The minimum Gasteiger partial charge on any atom is -0.481 e. The topological polar surface area (TPSA) is 57.6 Å². The monoisotopic (exact) mass is 271 g/mol. The molecule has 4 nitrogen and oxygen atoms in total. The molecule has 5 heteroatoms. The quantitative estimate of drug-likeness (QED) is 0.832. The SMILES string of the molecule is C[C@@H]1[C@H](C(=O)O)CCCN1C(=O)C1CCSCC1. The lowest BCUT2D eigenvalue weighted by atomic mass is 9.88. The Bertz CT molecular complexity index is 328. The van der Waals surface area contributed by atoms with Crippen molar-refractivity contribution in [2.75, 3.05) is 18.1 Å². The van der Waals surface area contributed by atoms with Crippen LogP contribution in [0.1, 0.15) is 32.6 Å². The lowest BCUT2D eigenvalue weighted by molar-refractivity contribution is -0.150. The van der Waals surface area contributed by atoms with Gasteiger partial charge in [0.25, 0.3) is 0 Å². The molecule has 0 aromatic carbocycles. The number of nitrogens with zero attached hydrogens (tertiary/aromatic N) is 1. The second-order valence-electron chi connectivity index (χ2n) is 5.25. The number of hydrogen-bond donors (Lipinski definition) is 1. The number of carbonyl (C=O) groups is 2. The molecule has 0 unspecified atom stereocenters. The molecule has 0 bridgehead atoms. The Hall–Kier alpha value is -0.710. The first-order valence-electron chi connectivity index (χ1n) is 6.72. The Balaban J connectivity index is 2.02. The summed E-state index contributed by atoms with van der Waals surface area (Å²) in [6.07, 6.45) is 3.41. The van der Waals surface area contributed by atoms with Crippen molar-refractivity contribution < 1.29 is 14.7 Å². The third-order valence-corrected chi connectivity index (χ3v) is 5.21. The van der Waals surface area contributed by atoms with Crippen molar-refractivity contribution in [3.8, 4) is 0 Å². The number of rotatable bonds is 2. The summed E-state index contributed by atoms with van der Waals surface area (Å²) < 4.78 is 0. The average Bonchev–Trinajstić information content (AvgIpc) is 2.39. The van der Waals surface area contributed by atoms with Crippen molar-refractivity contribution in [3.63, 3.8) is 0 Å². The summed E-state index contributed by atoms with van der Waals surface area (Å²) >= 11 is 1.90. The lowest BCUT2D eigenvalue weighted by Gasteiger charge is -2.39.